The molecule has 0 saturated carbocycles. The van der Waals surface area contributed by atoms with Crippen molar-refractivity contribution in [2.75, 3.05) is 6.61 Å². The third kappa shape index (κ3) is 4.33. The van der Waals surface area contributed by atoms with Crippen LogP contribution < -0.4 is 5.32 Å². The Morgan fingerprint density at radius 1 is 1.18 bits per heavy atom. The maximum Gasteiger partial charge on any atom is 0.378 e. The number of amides is 1. The molecule has 8 heteroatoms. The highest BCUT2D eigenvalue weighted by atomic mass is 16.5. The van der Waals surface area contributed by atoms with Gasteiger partial charge in [0.25, 0.3) is 17.5 Å². The zero-order valence-corrected chi connectivity index (χ0v) is 16.4. The molecular formula is C20H23N5O3. The molecule has 2 heterocycles. The second kappa shape index (κ2) is 8.16. The van der Waals surface area contributed by atoms with Crippen molar-refractivity contribution in [1.29, 1.82) is 0 Å². The van der Waals surface area contributed by atoms with Gasteiger partial charge in [0.1, 0.15) is 0 Å². The van der Waals surface area contributed by atoms with Crippen LogP contribution in [0.25, 0.3) is 5.78 Å². The minimum atomic E-state index is -0.766. The van der Waals surface area contributed by atoms with Crippen LogP contribution in [0.5, 0.6) is 0 Å². The van der Waals surface area contributed by atoms with Gasteiger partial charge in [0.2, 0.25) is 0 Å². The summed E-state index contributed by atoms with van der Waals surface area (Å²) >= 11 is 0. The molecule has 0 radical (unpaired) electrons. The molecule has 28 heavy (non-hydrogen) atoms. The lowest BCUT2D eigenvalue weighted by atomic mass is 10.1. The summed E-state index contributed by atoms with van der Waals surface area (Å²) in [6.45, 7) is 7.23. The zero-order valence-electron chi connectivity index (χ0n) is 16.4. The van der Waals surface area contributed by atoms with Gasteiger partial charge in [0.15, 0.2) is 6.61 Å². The number of nitrogens with zero attached hydrogens (tertiary/aromatic N) is 4. The zero-order chi connectivity index (χ0) is 20.3. The molecule has 8 nitrogen and oxygen atoms in total. The predicted octanol–water partition coefficient (Wildman–Crippen LogP) is 2.34. The Balaban J connectivity index is 1.57. The summed E-state index contributed by atoms with van der Waals surface area (Å²) in [7, 11) is 0. The molecule has 0 aliphatic rings. The predicted molar refractivity (Wildman–Crippen MR) is 103 cm³/mol. The Morgan fingerprint density at radius 3 is 2.57 bits per heavy atom. The highest BCUT2D eigenvalue weighted by molar-refractivity contribution is 5.88. The van der Waals surface area contributed by atoms with Gasteiger partial charge in [-0.25, -0.2) is 14.3 Å². The van der Waals surface area contributed by atoms with E-state index in [1.807, 2.05) is 51.1 Å². The first-order valence-corrected chi connectivity index (χ1v) is 9.13. The van der Waals surface area contributed by atoms with Crippen molar-refractivity contribution >= 4 is 17.7 Å². The van der Waals surface area contributed by atoms with Crippen LogP contribution in [0.2, 0.25) is 0 Å². The smallest absolute Gasteiger partial charge is 0.378 e. The first-order chi connectivity index (χ1) is 13.4. The maximum absolute atomic E-state index is 12.2. The van der Waals surface area contributed by atoms with Crippen molar-refractivity contribution in [3.8, 4) is 0 Å². The number of hydrogen-bond donors (Lipinski definition) is 1. The van der Waals surface area contributed by atoms with E-state index in [0.29, 0.717) is 5.78 Å². The highest BCUT2D eigenvalue weighted by Crippen LogP contribution is 2.13. The number of carbonyl (C=O) groups excluding carboxylic acids is 2. The molecule has 0 aliphatic heterocycles. The number of aryl methyl sites for hydroxylation is 3. The molecule has 2 aromatic heterocycles. The van der Waals surface area contributed by atoms with Crippen LogP contribution in [0.3, 0.4) is 0 Å². The Morgan fingerprint density at radius 2 is 1.89 bits per heavy atom. The molecule has 1 atom stereocenters. The number of rotatable bonds is 6. The molecule has 1 N–H and O–H groups in total. The van der Waals surface area contributed by atoms with E-state index in [1.54, 1.807) is 0 Å². The number of hydrogen-bond acceptors (Lipinski definition) is 6. The van der Waals surface area contributed by atoms with Crippen molar-refractivity contribution in [2.45, 2.75) is 40.2 Å². The number of ether oxygens (including phenoxy) is 1. The Bertz CT molecular complexity index is 1010. The van der Waals surface area contributed by atoms with Gasteiger partial charge in [-0.15, -0.1) is 5.10 Å². The third-order valence-electron chi connectivity index (χ3n) is 4.40. The molecular weight excluding hydrogens is 358 g/mol. The average Bonchev–Trinajstić information content (AvgIpc) is 3.10. The lowest BCUT2D eigenvalue weighted by molar-refractivity contribution is -0.124. The highest BCUT2D eigenvalue weighted by Gasteiger charge is 2.18. The van der Waals surface area contributed by atoms with Crippen molar-refractivity contribution in [3.63, 3.8) is 0 Å². The van der Waals surface area contributed by atoms with Crippen LogP contribution in [0.15, 0.2) is 30.3 Å². The van der Waals surface area contributed by atoms with Gasteiger partial charge in [-0.1, -0.05) is 31.2 Å². The fraction of sp³-hybridized carbons (Fsp3) is 0.350. The lowest BCUT2D eigenvalue weighted by Gasteiger charge is -2.14. The van der Waals surface area contributed by atoms with Crippen LogP contribution in [0.1, 0.15) is 53.0 Å². The number of benzene rings is 1. The van der Waals surface area contributed by atoms with Crippen LogP contribution in [-0.4, -0.2) is 38.1 Å². The summed E-state index contributed by atoms with van der Waals surface area (Å²) in [6, 6.07) is 9.66. The van der Waals surface area contributed by atoms with Crippen LogP contribution >= 0.6 is 0 Å². The summed E-state index contributed by atoms with van der Waals surface area (Å²) in [4.78, 5) is 32.6. The summed E-state index contributed by atoms with van der Waals surface area (Å²) in [5.41, 5.74) is 3.79. The van der Waals surface area contributed by atoms with Gasteiger partial charge in [0.05, 0.1) is 6.04 Å². The van der Waals surface area contributed by atoms with E-state index in [-0.39, 0.29) is 11.9 Å². The number of aromatic nitrogens is 4. The first-order valence-electron chi connectivity index (χ1n) is 9.13. The van der Waals surface area contributed by atoms with Crippen LogP contribution in [-0.2, 0) is 16.0 Å². The van der Waals surface area contributed by atoms with Crippen molar-refractivity contribution in [2.24, 2.45) is 0 Å². The summed E-state index contributed by atoms with van der Waals surface area (Å²) in [6.07, 6.45) is 0.961. The van der Waals surface area contributed by atoms with Gasteiger partial charge in [-0.2, -0.15) is 4.98 Å². The number of fused-ring (bicyclic) bond motifs is 1. The van der Waals surface area contributed by atoms with E-state index in [4.69, 9.17) is 4.74 Å². The SMILES string of the molecule is CCc1ccc([C@H](C)NC(=O)COC(=O)c2nc3nc(C)cc(C)n3n2)cc1. The third-order valence-corrected chi connectivity index (χ3v) is 4.40. The van der Waals surface area contributed by atoms with E-state index in [9.17, 15) is 9.59 Å². The molecule has 0 unspecified atom stereocenters. The van der Waals surface area contributed by atoms with E-state index in [1.165, 1.54) is 10.1 Å². The number of esters is 1. The molecule has 1 amide bonds. The van der Waals surface area contributed by atoms with Crippen LogP contribution in [0.4, 0.5) is 0 Å². The summed E-state index contributed by atoms with van der Waals surface area (Å²) in [5, 5.41) is 6.90. The van der Waals surface area contributed by atoms with E-state index in [2.05, 4.69) is 27.3 Å². The van der Waals surface area contributed by atoms with Gasteiger partial charge in [0, 0.05) is 11.4 Å². The quantitative estimate of drug-likeness (QED) is 0.658. The molecule has 0 fully saturated rings. The molecule has 3 aromatic rings. The minimum absolute atomic E-state index is 0.128. The average molecular weight is 381 g/mol. The second-order valence-electron chi connectivity index (χ2n) is 6.65. The second-order valence-corrected chi connectivity index (χ2v) is 6.65. The van der Waals surface area contributed by atoms with Crippen molar-refractivity contribution in [1.82, 2.24) is 24.9 Å². The van der Waals surface area contributed by atoms with Gasteiger partial charge < -0.3 is 10.1 Å². The number of nitrogens with one attached hydrogen (secondary N) is 1. The van der Waals surface area contributed by atoms with E-state index in [0.717, 1.165) is 23.4 Å². The molecule has 146 valence electrons. The topological polar surface area (TPSA) is 98.5 Å². The Kier molecular flexibility index (Phi) is 5.67. The van der Waals surface area contributed by atoms with Gasteiger partial charge in [-0.05, 0) is 44.4 Å². The Hall–Kier alpha value is -3.29. The van der Waals surface area contributed by atoms with Crippen molar-refractivity contribution < 1.29 is 14.3 Å². The molecule has 3 rings (SSSR count). The largest absolute Gasteiger partial charge is 0.450 e. The first kappa shape index (κ1) is 19.5. The maximum atomic E-state index is 12.2. The summed E-state index contributed by atoms with van der Waals surface area (Å²) in [5.74, 6) is -0.970. The molecule has 0 bridgehead atoms. The van der Waals surface area contributed by atoms with Crippen molar-refractivity contribution in [3.05, 3.63) is 58.7 Å². The van der Waals surface area contributed by atoms with Gasteiger partial charge in [-0.3, -0.25) is 4.79 Å². The fourth-order valence-electron chi connectivity index (χ4n) is 2.86. The molecule has 1 aromatic carbocycles. The van der Waals surface area contributed by atoms with Gasteiger partial charge >= 0.3 is 5.97 Å². The normalized spacial score (nSPS) is 12.0. The minimum Gasteiger partial charge on any atom is -0.450 e. The number of carbonyl (C=O) groups is 2. The van der Waals surface area contributed by atoms with Crippen LogP contribution in [0, 0.1) is 13.8 Å². The molecule has 0 aliphatic carbocycles. The summed E-state index contributed by atoms with van der Waals surface area (Å²) < 4.78 is 6.51. The fourth-order valence-corrected chi connectivity index (χ4v) is 2.86. The van der Waals surface area contributed by atoms with E-state index >= 15 is 0 Å². The molecule has 0 spiro atoms. The van der Waals surface area contributed by atoms with E-state index < -0.39 is 18.5 Å². The molecule has 0 saturated heterocycles. The monoisotopic (exact) mass is 381 g/mol. The Labute approximate surface area is 163 Å². The standard InChI is InChI=1S/C20H23N5O3/c1-5-15-6-8-16(9-7-15)14(4)22-17(26)11-28-19(27)18-23-20-21-12(2)10-13(3)25(20)24-18/h6-10,14H,5,11H2,1-4H3,(H,22,26)/t14-/m0/s1. The lowest BCUT2D eigenvalue weighted by Crippen LogP contribution is -2.31.